The van der Waals surface area contributed by atoms with E-state index in [1.165, 1.54) is 6.20 Å². The summed E-state index contributed by atoms with van der Waals surface area (Å²) in [5.74, 6) is 0.580. The Bertz CT molecular complexity index is 348. The lowest BCUT2D eigenvalue weighted by Crippen LogP contribution is -2.33. The first-order chi connectivity index (χ1) is 7.56. The van der Waals surface area contributed by atoms with Gasteiger partial charge in [0.2, 0.25) is 0 Å². The fourth-order valence-corrected chi connectivity index (χ4v) is 1.13. The summed E-state index contributed by atoms with van der Waals surface area (Å²) in [5.41, 5.74) is 0.373. The zero-order chi connectivity index (χ0) is 12.1. The normalized spacial score (nSPS) is 10.3. The van der Waals surface area contributed by atoms with Crippen molar-refractivity contribution in [1.82, 2.24) is 14.9 Å². The molecule has 88 valence electrons. The Kier molecular flexibility index (Phi) is 4.22. The fraction of sp³-hybridized carbons (Fsp3) is 0.545. The van der Waals surface area contributed by atoms with Gasteiger partial charge in [-0.2, -0.15) is 0 Å². The standard InChI is InChI=1S/C11H18N4O/c1-5-12-10-7-13-9(6-14-10)11(16)15(4)8(2)3/h6-8H,5H2,1-4H3,(H,12,14). The van der Waals surface area contributed by atoms with Crippen LogP contribution in [0.3, 0.4) is 0 Å². The zero-order valence-corrected chi connectivity index (χ0v) is 10.2. The van der Waals surface area contributed by atoms with Gasteiger partial charge in [-0.25, -0.2) is 9.97 Å². The number of amides is 1. The van der Waals surface area contributed by atoms with Crippen LogP contribution < -0.4 is 5.32 Å². The quantitative estimate of drug-likeness (QED) is 0.836. The predicted octanol–water partition coefficient (Wildman–Crippen LogP) is 1.39. The summed E-state index contributed by atoms with van der Waals surface area (Å²) in [6.07, 6.45) is 3.07. The first-order valence-corrected chi connectivity index (χ1v) is 5.39. The van der Waals surface area contributed by atoms with Crippen LogP contribution in [-0.4, -0.2) is 40.4 Å². The number of hydrogen-bond donors (Lipinski definition) is 1. The summed E-state index contributed by atoms with van der Waals surface area (Å²) in [6.45, 7) is 6.68. The third-order valence-corrected chi connectivity index (χ3v) is 2.32. The van der Waals surface area contributed by atoms with E-state index in [2.05, 4.69) is 15.3 Å². The van der Waals surface area contributed by atoms with Crippen molar-refractivity contribution in [2.24, 2.45) is 0 Å². The van der Waals surface area contributed by atoms with Crippen LogP contribution in [0.1, 0.15) is 31.3 Å². The first-order valence-electron chi connectivity index (χ1n) is 5.39. The molecule has 1 N–H and O–H groups in total. The monoisotopic (exact) mass is 222 g/mol. The van der Waals surface area contributed by atoms with Crippen LogP contribution >= 0.6 is 0 Å². The Morgan fingerprint density at radius 1 is 1.44 bits per heavy atom. The van der Waals surface area contributed by atoms with Gasteiger partial charge in [-0.05, 0) is 20.8 Å². The molecule has 1 rings (SSSR count). The predicted molar refractivity (Wildman–Crippen MR) is 63.4 cm³/mol. The third kappa shape index (κ3) is 2.92. The van der Waals surface area contributed by atoms with Gasteiger partial charge in [-0.3, -0.25) is 4.79 Å². The molecule has 0 saturated carbocycles. The van der Waals surface area contributed by atoms with Gasteiger partial charge in [0.05, 0.1) is 12.4 Å². The van der Waals surface area contributed by atoms with Crippen molar-refractivity contribution in [2.75, 3.05) is 18.9 Å². The Hall–Kier alpha value is -1.65. The zero-order valence-electron chi connectivity index (χ0n) is 10.2. The van der Waals surface area contributed by atoms with Crippen LogP contribution in [-0.2, 0) is 0 Å². The number of nitrogens with one attached hydrogen (secondary N) is 1. The van der Waals surface area contributed by atoms with Crippen molar-refractivity contribution in [3.8, 4) is 0 Å². The molecule has 5 heteroatoms. The van der Waals surface area contributed by atoms with E-state index in [9.17, 15) is 4.79 Å². The molecule has 1 aromatic heterocycles. The molecule has 0 bridgehead atoms. The maximum atomic E-state index is 11.9. The fourth-order valence-electron chi connectivity index (χ4n) is 1.13. The highest BCUT2D eigenvalue weighted by Crippen LogP contribution is 2.05. The lowest BCUT2D eigenvalue weighted by molar-refractivity contribution is 0.0748. The number of carbonyl (C=O) groups is 1. The molecule has 16 heavy (non-hydrogen) atoms. The third-order valence-electron chi connectivity index (χ3n) is 2.32. The van der Waals surface area contributed by atoms with Crippen LogP contribution in [0.25, 0.3) is 0 Å². The van der Waals surface area contributed by atoms with Gasteiger partial charge in [0.1, 0.15) is 11.5 Å². The lowest BCUT2D eigenvalue weighted by Gasteiger charge is -2.20. The summed E-state index contributed by atoms with van der Waals surface area (Å²) < 4.78 is 0. The molecule has 0 aliphatic carbocycles. The van der Waals surface area contributed by atoms with Crippen molar-refractivity contribution >= 4 is 11.7 Å². The average molecular weight is 222 g/mol. The molecule has 0 spiro atoms. The molecular formula is C11H18N4O. The number of nitrogens with zero attached hydrogens (tertiary/aromatic N) is 3. The van der Waals surface area contributed by atoms with Crippen molar-refractivity contribution in [3.05, 3.63) is 18.1 Å². The van der Waals surface area contributed by atoms with E-state index >= 15 is 0 Å². The molecule has 0 aromatic carbocycles. The number of aromatic nitrogens is 2. The summed E-state index contributed by atoms with van der Waals surface area (Å²) in [7, 11) is 1.76. The Morgan fingerprint density at radius 3 is 2.56 bits per heavy atom. The lowest BCUT2D eigenvalue weighted by atomic mass is 10.3. The Morgan fingerprint density at radius 2 is 2.12 bits per heavy atom. The second kappa shape index (κ2) is 5.44. The van der Waals surface area contributed by atoms with Gasteiger partial charge in [-0.1, -0.05) is 0 Å². The minimum atomic E-state index is -0.106. The van der Waals surface area contributed by atoms with Crippen LogP contribution in [0.15, 0.2) is 12.4 Å². The van der Waals surface area contributed by atoms with Crippen molar-refractivity contribution in [3.63, 3.8) is 0 Å². The Labute approximate surface area is 95.9 Å². The van der Waals surface area contributed by atoms with Crippen LogP contribution in [0.5, 0.6) is 0 Å². The maximum absolute atomic E-state index is 11.9. The van der Waals surface area contributed by atoms with E-state index in [1.54, 1.807) is 18.1 Å². The van der Waals surface area contributed by atoms with E-state index in [0.29, 0.717) is 11.5 Å². The summed E-state index contributed by atoms with van der Waals surface area (Å²) in [4.78, 5) is 21.7. The topological polar surface area (TPSA) is 58.1 Å². The molecule has 5 nitrogen and oxygen atoms in total. The second-order valence-electron chi connectivity index (χ2n) is 3.83. The smallest absolute Gasteiger partial charge is 0.274 e. The van der Waals surface area contributed by atoms with Crippen LogP contribution in [0.4, 0.5) is 5.82 Å². The van der Waals surface area contributed by atoms with E-state index in [0.717, 1.165) is 6.54 Å². The van der Waals surface area contributed by atoms with Gasteiger partial charge < -0.3 is 10.2 Å². The van der Waals surface area contributed by atoms with Crippen molar-refractivity contribution < 1.29 is 4.79 Å². The Balaban J connectivity index is 2.77. The number of rotatable bonds is 4. The first kappa shape index (κ1) is 12.4. The molecular weight excluding hydrogens is 204 g/mol. The highest BCUT2D eigenvalue weighted by Gasteiger charge is 2.15. The summed E-state index contributed by atoms with van der Waals surface area (Å²) >= 11 is 0. The SMILES string of the molecule is CCNc1cnc(C(=O)N(C)C(C)C)cn1. The molecule has 0 aliphatic heterocycles. The molecule has 0 saturated heterocycles. The van der Waals surface area contributed by atoms with Gasteiger partial charge >= 0.3 is 0 Å². The highest BCUT2D eigenvalue weighted by atomic mass is 16.2. The number of anilines is 1. The van der Waals surface area contributed by atoms with Crippen molar-refractivity contribution in [2.45, 2.75) is 26.8 Å². The number of hydrogen-bond acceptors (Lipinski definition) is 4. The molecule has 1 heterocycles. The highest BCUT2D eigenvalue weighted by molar-refractivity contribution is 5.92. The molecule has 1 amide bonds. The molecule has 0 unspecified atom stereocenters. The van der Waals surface area contributed by atoms with E-state index in [4.69, 9.17) is 0 Å². The number of carbonyl (C=O) groups excluding carboxylic acids is 1. The van der Waals surface area contributed by atoms with E-state index in [-0.39, 0.29) is 11.9 Å². The average Bonchev–Trinajstić information content (AvgIpc) is 2.28. The molecule has 1 aromatic rings. The second-order valence-corrected chi connectivity index (χ2v) is 3.83. The van der Waals surface area contributed by atoms with Gasteiger partial charge in [0.15, 0.2) is 0 Å². The minimum Gasteiger partial charge on any atom is -0.369 e. The summed E-state index contributed by atoms with van der Waals surface area (Å²) in [5, 5.41) is 3.03. The molecule has 0 atom stereocenters. The maximum Gasteiger partial charge on any atom is 0.274 e. The van der Waals surface area contributed by atoms with Crippen LogP contribution in [0, 0.1) is 0 Å². The van der Waals surface area contributed by atoms with Gasteiger partial charge in [-0.15, -0.1) is 0 Å². The largest absolute Gasteiger partial charge is 0.369 e. The van der Waals surface area contributed by atoms with E-state index < -0.39 is 0 Å². The molecule has 0 aliphatic rings. The van der Waals surface area contributed by atoms with Crippen molar-refractivity contribution in [1.29, 1.82) is 0 Å². The van der Waals surface area contributed by atoms with Gasteiger partial charge in [0.25, 0.3) is 5.91 Å². The minimum absolute atomic E-state index is 0.106. The molecule has 0 fully saturated rings. The van der Waals surface area contributed by atoms with E-state index in [1.807, 2.05) is 20.8 Å². The van der Waals surface area contributed by atoms with Gasteiger partial charge in [0, 0.05) is 19.6 Å². The van der Waals surface area contributed by atoms with Crippen LogP contribution in [0.2, 0.25) is 0 Å². The summed E-state index contributed by atoms with van der Waals surface area (Å²) in [6, 6.07) is 0.155. The molecule has 0 radical (unpaired) electrons.